The van der Waals surface area contributed by atoms with Crippen LogP contribution in [0.15, 0.2) is 35.1 Å². The van der Waals surface area contributed by atoms with Crippen molar-refractivity contribution in [1.29, 1.82) is 0 Å². The first kappa shape index (κ1) is 13.6. The molecule has 0 spiro atoms. The van der Waals surface area contributed by atoms with E-state index in [4.69, 9.17) is 5.73 Å². The Morgan fingerprint density at radius 1 is 1.19 bits per heavy atom. The number of hydrogen-bond donors (Lipinski definition) is 2. The van der Waals surface area contributed by atoms with Crippen LogP contribution in [0.1, 0.15) is 5.56 Å². The smallest absolute Gasteiger partial charge is 0.317 e. The van der Waals surface area contributed by atoms with Gasteiger partial charge in [0.1, 0.15) is 0 Å². The molecule has 1 fully saturated rings. The van der Waals surface area contributed by atoms with Gasteiger partial charge in [-0.1, -0.05) is 18.2 Å². The predicted octanol–water partition coefficient (Wildman–Crippen LogP) is 0.485. The van der Waals surface area contributed by atoms with Crippen molar-refractivity contribution >= 4 is 16.9 Å². The van der Waals surface area contributed by atoms with Crippen molar-refractivity contribution < 1.29 is 4.79 Å². The van der Waals surface area contributed by atoms with Crippen molar-refractivity contribution in [3.8, 4) is 0 Å². The van der Waals surface area contributed by atoms with E-state index in [-0.39, 0.29) is 18.1 Å². The molecule has 1 saturated heterocycles. The van der Waals surface area contributed by atoms with Crippen LogP contribution >= 0.6 is 0 Å². The molecule has 1 aliphatic rings. The zero-order valence-corrected chi connectivity index (χ0v) is 11.7. The molecular weight excluding hydrogens is 268 g/mol. The van der Waals surface area contributed by atoms with Gasteiger partial charge in [-0.05, 0) is 17.5 Å². The molecular formula is C15H18N4O2. The van der Waals surface area contributed by atoms with Gasteiger partial charge in [0, 0.05) is 38.3 Å². The van der Waals surface area contributed by atoms with Crippen LogP contribution in [0.3, 0.4) is 0 Å². The first-order valence-electron chi connectivity index (χ1n) is 7.05. The van der Waals surface area contributed by atoms with Crippen LogP contribution < -0.4 is 16.6 Å². The van der Waals surface area contributed by atoms with Gasteiger partial charge in [0.2, 0.25) is 0 Å². The number of nitrogens with one attached hydrogen (secondary N) is 1. The fourth-order valence-electron chi connectivity index (χ4n) is 2.70. The van der Waals surface area contributed by atoms with E-state index in [0.717, 1.165) is 10.9 Å². The normalized spacial score (nSPS) is 14.7. The van der Waals surface area contributed by atoms with E-state index >= 15 is 0 Å². The van der Waals surface area contributed by atoms with E-state index in [1.165, 1.54) is 0 Å². The van der Waals surface area contributed by atoms with Gasteiger partial charge in [-0.15, -0.1) is 0 Å². The van der Waals surface area contributed by atoms with Crippen LogP contribution in [0.4, 0.5) is 4.79 Å². The zero-order valence-electron chi connectivity index (χ0n) is 11.7. The number of aromatic nitrogens is 1. The minimum Gasteiger partial charge on any atom is -0.336 e. The second kappa shape index (κ2) is 5.57. The molecule has 110 valence electrons. The summed E-state index contributed by atoms with van der Waals surface area (Å²) >= 11 is 0. The van der Waals surface area contributed by atoms with Crippen molar-refractivity contribution in [2.45, 2.75) is 13.1 Å². The molecule has 0 aliphatic carbocycles. The van der Waals surface area contributed by atoms with Crippen LogP contribution in [0.2, 0.25) is 0 Å². The number of benzene rings is 1. The Morgan fingerprint density at radius 2 is 2.00 bits per heavy atom. The highest BCUT2D eigenvalue weighted by molar-refractivity contribution is 5.79. The second-order valence-electron chi connectivity index (χ2n) is 5.11. The van der Waals surface area contributed by atoms with Crippen molar-refractivity contribution in [1.82, 2.24) is 14.8 Å². The molecule has 0 radical (unpaired) electrons. The van der Waals surface area contributed by atoms with Gasteiger partial charge in [0.15, 0.2) is 0 Å². The number of nitrogens with zero attached hydrogens (tertiary/aromatic N) is 2. The predicted molar refractivity (Wildman–Crippen MR) is 81.1 cm³/mol. The number of urea groups is 1. The lowest BCUT2D eigenvalue weighted by Gasteiger charge is -2.17. The molecule has 1 aromatic heterocycles. The van der Waals surface area contributed by atoms with Crippen molar-refractivity contribution in [3.05, 3.63) is 46.2 Å². The number of pyridine rings is 1. The van der Waals surface area contributed by atoms with Gasteiger partial charge in [-0.25, -0.2) is 4.79 Å². The van der Waals surface area contributed by atoms with E-state index in [1.807, 2.05) is 30.3 Å². The molecule has 0 atom stereocenters. The van der Waals surface area contributed by atoms with Crippen molar-refractivity contribution in [3.63, 3.8) is 0 Å². The molecule has 0 saturated carbocycles. The summed E-state index contributed by atoms with van der Waals surface area (Å²) in [7, 11) is 0. The molecule has 0 bridgehead atoms. The minimum atomic E-state index is -0.0733. The summed E-state index contributed by atoms with van der Waals surface area (Å²) in [6.45, 7) is 2.55. The first-order valence-corrected chi connectivity index (χ1v) is 7.05. The maximum absolute atomic E-state index is 12.5. The van der Waals surface area contributed by atoms with Gasteiger partial charge in [0.05, 0.1) is 5.52 Å². The molecule has 0 unspecified atom stereocenters. The molecule has 2 amide bonds. The number of amides is 2. The standard InChI is InChI=1S/C15H18N4O2/c16-10-12-9-11-3-1-2-4-13(11)19(14(12)20)8-7-18-6-5-17-15(18)21/h1-4,9H,5-8,10,16H2,(H,17,21). The lowest BCUT2D eigenvalue weighted by atomic mass is 10.1. The number of hydrogen-bond acceptors (Lipinski definition) is 3. The Balaban J connectivity index is 1.97. The highest BCUT2D eigenvalue weighted by Gasteiger charge is 2.19. The summed E-state index contributed by atoms with van der Waals surface area (Å²) in [5, 5.41) is 3.75. The number of carbonyl (C=O) groups is 1. The van der Waals surface area contributed by atoms with Crippen LogP contribution in [0.25, 0.3) is 10.9 Å². The Labute approximate surface area is 122 Å². The molecule has 2 heterocycles. The van der Waals surface area contributed by atoms with Crippen molar-refractivity contribution in [2.75, 3.05) is 19.6 Å². The van der Waals surface area contributed by atoms with Crippen molar-refractivity contribution in [2.24, 2.45) is 5.73 Å². The fraction of sp³-hybridized carbons (Fsp3) is 0.333. The Morgan fingerprint density at radius 3 is 2.71 bits per heavy atom. The average Bonchev–Trinajstić information content (AvgIpc) is 2.91. The Kier molecular flexibility index (Phi) is 3.62. The number of para-hydroxylation sites is 1. The van der Waals surface area contributed by atoms with Crippen LogP contribution in [-0.4, -0.2) is 35.1 Å². The molecule has 6 heteroatoms. The third kappa shape index (κ3) is 2.50. The summed E-state index contributed by atoms with van der Waals surface area (Å²) in [5.41, 5.74) is 7.06. The monoisotopic (exact) mass is 286 g/mol. The number of carbonyl (C=O) groups excluding carboxylic acids is 1. The summed E-state index contributed by atoms with van der Waals surface area (Å²) < 4.78 is 1.71. The number of nitrogens with two attached hydrogens (primary N) is 1. The van der Waals surface area contributed by atoms with Crippen LogP contribution in [0.5, 0.6) is 0 Å². The Hall–Kier alpha value is -2.34. The van der Waals surface area contributed by atoms with Gasteiger partial charge in [-0.2, -0.15) is 0 Å². The zero-order chi connectivity index (χ0) is 14.8. The van der Waals surface area contributed by atoms with Gasteiger partial charge in [0.25, 0.3) is 5.56 Å². The topological polar surface area (TPSA) is 80.4 Å². The summed E-state index contributed by atoms with van der Waals surface area (Å²) in [4.78, 5) is 25.8. The highest BCUT2D eigenvalue weighted by atomic mass is 16.2. The fourth-order valence-corrected chi connectivity index (χ4v) is 2.70. The summed E-state index contributed by atoms with van der Waals surface area (Å²) in [6.07, 6.45) is 0. The number of fused-ring (bicyclic) bond motifs is 1. The maximum Gasteiger partial charge on any atom is 0.317 e. The van der Waals surface area contributed by atoms with E-state index in [0.29, 0.717) is 31.7 Å². The van der Waals surface area contributed by atoms with E-state index in [2.05, 4.69) is 5.32 Å². The highest BCUT2D eigenvalue weighted by Crippen LogP contribution is 2.13. The molecule has 6 nitrogen and oxygen atoms in total. The largest absolute Gasteiger partial charge is 0.336 e. The molecule has 3 rings (SSSR count). The third-order valence-corrected chi connectivity index (χ3v) is 3.84. The number of rotatable bonds is 4. The summed E-state index contributed by atoms with van der Waals surface area (Å²) in [6, 6.07) is 9.50. The van der Waals surface area contributed by atoms with E-state index in [1.54, 1.807) is 9.47 Å². The van der Waals surface area contributed by atoms with E-state index < -0.39 is 0 Å². The first-order chi connectivity index (χ1) is 10.2. The molecule has 3 N–H and O–H groups in total. The SMILES string of the molecule is NCc1cc2ccccc2n(CCN2CCNC2=O)c1=O. The van der Waals surface area contributed by atoms with Gasteiger partial charge < -0.3 is 20.5 Å². The molecule has 1 aromatic carbocycles. The average molecular weight is 286 g/mol. The minimum absolute atomic E-state index is 0.0673. The van der Waals surface area contributed by atoms with Crippen LogP contribution in [0, 0.1) is 0 Å². The molecule has 2 aromatic rings. The lowest BCUT2D eigenvalue weighted by Crippen LogP contribution is -2.34. The van der Waals surface area contributed by atoms with Gasteiger partial charge in [-0.3, -0.25) is 4.79 Å². The second-order valence-corrected chi connectivity index (χ2v) is 5.11. The maximum atomic E-state index is 12.5. The van der Waals surface area contributed by atoms with Gasteiger partial charge >= 0.3 is 6.03 Å². The lowest BCUT2D eigenvalue weighted by molar-refractivity contribution is 0.215. The third-order valence-electron chi connectivity index (χ3n) is 3.84. The quantitative estimate of drug-likeness (QED) is 0.858. The van der Waals surface area contributed by atoms with Crippen LogP contribution in [-0.2, 0) is 13.1 Å². The summed E-state index contributed by atoms with van der Waals surface area (Å²) in [5.74, 6) is 0. The Bertz CT molecular complexity index is 738. The molecule has 1 aliphatic heterocycles. The molecule has 21 heavy (non-hydrogen) atoms. The van der Waals surface area contributed by atoms with E-state index in [9.17, 15) is 9.59 Å².